The molecule has 0 spiro atoms. The molecule has 0 saturated heterocycles. The van der Waals surface area contributed by atoms with Crippen LogP contribution in [0.5, 0.6) is 0 Å². The highest BCUT2D eigenvalue weighted by atomic mass is 32.1. The molecule has 3 heteroatoms. The van der Waals surface area contributed by atoms with Gasteiger partial charge in [-0.1, -0.05) is 91.0 Å². The van der Waals surface area contributed by atoms with Crippen molar-refractivity contribution in [3.63, 3.8) is 0 Å². The Labute approximate surface area is 181 Å². The van der Waals surface area contributed by atoms with Crippen molar-refractivity contribution in [2.24, 2.45) is 0 Å². The zero-order chi connectivity index (χ0) is 20.4. The molecule has 0 fully saturated rings. The average Bonchev–Trinajstić information content (AvgIpc) is 3.46. The average molecular weight is 407 g/mol. The maximum atomic E-state index is 5.12. The third-order valence-electron chi connectivity index (χ3n) is 5.50. The number of aryl methyl sites for hydroxylation is 1. The summed E-state index contributed by atoms with van der Waals surface area (Å²) in [7, 11) is 0. The Morgan fingerprint density at radius 2 is 1.13 bits per heavy atom. The van der Waals surface area contributed by atoms with Crippen molar-refractivity contribution in [1.29, 1.82) is 0 Å². The molecule has 3 aromatic carbocycles. The minimum absolute atomic E-state index is 0.561. The van der Waals surface area contributed by atoms with Crippen LogP contribution < -0.4 is 0 Å². The van der Waals surface area contributed by atoms with Gasteiger partial charge in [0.25, 0.3) is 0 Å². The van der Waals surface area contributed by atoms with Crippen LogP contribution in [0, 0.1) is 6.92 Å². The van der Waals surface area contributed by atoms with Crippen LogP contribution >= 0.6 is 11.3 Å². The predicted octanol–water partition coefficient (Wildman–Crippen LogP) is 6.76. The van der Waals surface area contributed by atoms with Gasteiger partial charge in [0, 0.05) is 11.1 Å². The van der Waals surface area contributed by atoms with Gasteiger partial charge in [0.2, 0.25) is 0 Å². The highest BCUT2D eigenvalue weighted by molar-refractivity contribution is 7.15. The summed E-state index contributed by atoms with van der Waals surface area (Å²) in [5.41, 5.74) is 3.98. The van der Waals surface area contributed by atoms with Crippen LogP contribution in [0.4, 0.5) is 0 Å². The summed E-state index contributed by atoms with van der Waals surface area (Å²) < 4.78 is 2.12. The molecule has 0 N–H and O–H groups in total. The second-order valence-corrected chi connectivity index (χ2v) is 8.65. The van der Waals surface area contributed by atoms with E-state index in [0.29, 0.717) is 0 Å². The number of hydrogen-bond acceptors (Lipinski definition) is 2. The summed E-state index contributed by atoms with van der Waals surface area (Å²) in [5.74, 6) is 0. The molecule has 0 atom stereocenters. The van der Waals surface area contributed by atoms with E-state index in [-0.39, 0.29) is 0 Å². The summed E-state index contributed by atoms with van der Waals surface area (Å²) in [6.07, 6.45) is 2.11. The van der Waals surface area contributed by atoms with Crippen LogP contribution in [-0.2, 0) is 5.54 Å². The van der Waals surface area contributed by atoms with Gasteiger partial charge in [0.15, 0.2) is 0 Å². The van der Waals surface area contributed by atoms with Gasteiger partial charge in [-0.2, -0.15) is 5.10 Å². The molecule has 0 aliphatic heterocycles. The van der Waals surface area contributed by atoms with Crippen LogP contribution in [-0.4, -0.2) is 9.78 Å². The lowest BCUT2D eigenvalue weighted by molar-refractivity contribution is 0.461. The second kappa shape index (κ2) is 7.77. The normalized spacial score (nSPS) is 11.5. The van der Waals surface area contributed by atoms with E-state index >= 15 is 0 Å². The van der Waals surface area contributed by atoms with E-state index < -0.39 is 5.54 Å². The number of nitrogens with zero attached hydrogens (tertiary/aromatic N) is 2. The fourth-order valence-corrected chi connectivity index (χ4v) is 4.98. The van der Waals surface area contributed by atoms with E-state index in [1.54, 1.807) is 11.3 Å². The van der Waals surface area contributed by atoms with Gasteiger partial charge in [-0.3, -0.25) is 4.68 Å². The first kappa shape index (κ1) is 18.6. The maximum Gasteiger partial charge on any atom is 0.138 e. The van der Waals surface area contributed by atoms with Crippen LogP contribution in [0.25, 0.3) is 10.6 Å². The van der Waals surface area contributed by atoms with E-state index in [2.05, 4.69) is 127 Å². The van der Waals surface area contributed by atoms with Crippen molar-refractivity contribution < 1.29 is 0 Å². The van der Waals surface area contributed by atoms with Gasteiger partial charge >= 0.3 is 0 Å². The van der Waals surface area contributed by atoms with Crippen LogP contribution in [0.3, 0.4) is 0 Å². The summed E-state index contributed by atoms with van der Waals surface area (Å²) in [5, 5.41) is 5.12. The Morgan fingerprint density at radius 1 is 0.633 bits per heavy atom. The largest absolute Gasteiger partial charge is 0.252 e. The monoisotopic (exact) mass is 406 g/mol. The lowest BCUT2D eigenvalue weighted by Crippen LogP contribution is -2.38. The van der Waals surface area contributed by atoms with Crippen molar-refractivity contribution in [3.05, 3.63) is 137 Å². The van der Waals surface area contributed by atoms with Crippen molar-refractivity contribution in [2.75, 3.05) is 0 Å². The SMILES string of the molecule is Cc1ccc(-c2ccn(C(c3ccccc3)(c3ccccc3)c3ccccc3)n2)s1. The Hall–Kier alpha value is -3.43. The van der Waals surface area contributed by atoms with Gasteiger partial charge in [-0.05, 0) is 41.8 Å². The first-order valence-electron chi connectivity index (χ1n) is 10.1. The Balaban J connectivity index is 1.82. The molecule has 5 rings (SSSR count). The number of aromatic nitrogens is 2. The topological polar surface area (TPSA) is 17.8 Å². The molecule has 2 heterocycles. The van der Waals surface area contributed by atoms with E-state index in [1.807, 2.05) is 0 Å². The molecule has 0 radical (unpaired) electrons. The number of benzene rings is 3. The fourth-order valence-electron chi connectivity index (χ4n) is 4.15. The highest BCUT2D eigenvalue weighted by Gasteiger charge is 2.39. The molecule has 0 aliphatic carbocycles. The molecule has 0 amide bonds. The third-order valence-corrected chi connectivity index (χ3v) is 6.52. The van der Waals surface area contributed by atoms with Gasteiger partial charge < -0.3 is 0 Å². The van der Waals surface area contributed by atoms with Crippen molar-refractivity contribution in [3.8, 4) is 10.6 Å². The van der Waals surface area contributed by atoms with Crippen molar-refractivity contribution in [1.82, 2.24) is 9.78 Å². The first-order chi connectivity index (χ1) is 14.8. The molecule has 30 heavy (non-hydrogen) atoms. The number of thiophene rings is 1. The summed E-state index contributed by atoms with van der Waals surface area (Å²) in [6.45, 7) is 2.13. The Kier molecular flexibility index (Phi) is 4.82. The zero-order valence-electron chi connectivity index (χ0n) is 16.8. The van der Waals surface area contributed by atoms with Gasteiger partial charge in [0.05, 0.1) is 4.88 Å². The minimum Gasteiger partial charge on any atom is -0.252 e. The van der Waals surface area contributed by atoms with Crippen LogP contribution in [0.1, 0.15) is 21.6 Å². The molecular weight excluding hydrogens is 384 g/mol. The molecule has 0 saturated carbocycles. The minimum atomic E-state index is -0.561. The van der Waals surface area contributed by atoms with E-state index in [4.69, 9.17) is 5.10 Å². The summed E-state index contributed by atoms with van der Waals surface area (Å²) >= 11 is 1.78. The predicted molar refractivity (Wildman–Crippen MR) is 125 cm³/mol. The van der Waals surface area contributed by atoms with Gasteiger partial charge in [-0.15, -0.1) is 11.3 Å². The van der Waals surface area contributed by atoms with E-state index in [9.17, 15) is 0 Å². The maximum absolute atomic E-state index is 5.12. The number of rotatable bonds is 5. The smallest absolute Gasteiger partial charge is 0.138 e. The van der Waals surface area contributed by atoms with Gasteiger partial charge in [0.1, 0.15) is 11.2 Å². The second-order valence-electron chi connectivity index (χ2n) is 7.36. The standard InChI is InChI=1S/C27H22N2S/c1-21-17-18-26(30-21)25-19-20-29(28-25)27(22-11-5-2-6-12-22,23-13-7-3-8-14-23)24-15-9-4-10-16-24/h2-20H,1H3. The van der Waals surface area contributed by atoms with Gasteiger partial charge in [-0.25, -0.2) is 0 Å². The quantitative estimate of drug-likeness (QED) is 0.295. The number of hydrogen-bond donors (Lipinski definition) is 0. The molecule has 146 valence electrons. The molecule has 0 bridgehead atoms. The lowest BCUT2D eigenvalue weighted by Gasteiger charge is -2.36. The molecule has 2 nitrogen and oxygen atoms in total. The Morgan fingerprint density at radius 3 is 1.57 bits per heavy atom. The zero-order valence-corrected chi connectivity index (χ0v) is 17.6. The summed E-state index contributed by atoms with van der Waals surface area (Å²) in [6, 6.07) is 38.4. The third kappa shape index (κ3) is 3.08. The molecule has 2 aromatic heterocycles. The van der Waals surface area contributed by atoms with Crippen LogP contribution in [0.15, 0.2) is 115 Å². The fraction of sp³-hybridized carbons (Fsp3) is 0.0741. The lowest BCUT2D eigenvalue weighted by atomic mass is 9.77. The van der Waals surface area contributed by atoms with Crippen LogP contribution in [0.2, 0.25) is 0 Å². The molecule has 0 aliphatic rings. The van der Waals surface area contributed by atoms with Crippen molar-refractivity contribution >= 4 is 11.3 Å². The summed E-state index contributed by atoms with van der Waals surface area (Å²) in [4.78, 5) is 2.48. The molecule has 0 unspecified atom stereocenters. The first-order valence-corrected chi connectivity index (χ1v) is 10.9. The molecule has 5 aromatic rings. The van der Waals surface area contributed by atoms with Crippen molar-refractivity contribution in [2.45, 2.75) is 12.5 Å². The highest BCUT2D eigenvalue weighted by Crippen LogP contribution is 2.41. The van der Waals surface area contributed by atoms with E-state index in [0.717, 1.165) is 5.69 Å². The Bertz CT molecular complexity index is 1140. The molecular formula is C27H22N2S. The van der Waals surface area contributed by atoms with E-state index in [1.165, 1.54) is 26.4 Å².